The molecule has 0 amide bonds. The quantitative estimate of drug-likeness (QED) is 0.141. The van der Waals surface area contributed by atoms with E-state index in [9.17, 15) is 10.2 Å². The summed E-state index contributed by atoms with van der Waals surface area (Å²) in [6.07, 6.45) is 0. The minimum atomic E-state index is -1.85. The van der Waals surface area contributed by atoms with Crippen molar-refractivity contribution in [3.63, 3.8) is 0 Å². The number of hydrogen-bond acceptors (Lipinski definition) is 2. The molecule has 2 nitrogen and oxygen atoms in total. The second-order valence-corrected chi connectivity index (χ2v) is 13.8. The van der Waals surface area contributed by atoms with Gasteiger partial charge in [0.25, 0.3) is 0 Å². The lowest BCUT2D eigenvalue weighted by atomic mass is 9.38. The summed E-state index contributed by atoms with van der Waals surface area (Å²) >= 11 is 0. The highest BCUT2D eigenvalue weighted by molar-refractivity contribution is 5.67. The first-order valence-electron chi connectivity index (χ1n) is 18.5. The van der Waals surface area contributed by atoms with Gasteiger partial charge in [0.1, 0.15) is 11.2 Å². The van der Waals surface area contributed by atoms with E-state index in [0.29, 0.717) is 22.3 Å². The van der Waals surface area contributed by atoms with Crippen molar-refractivity contribution in [1.82, 2.24) is 0 Å². The first-order chi connectivity index (χ1) is 26.6. The van der Waals surface area contributed by atoms with Crippen LogP contribution in [-0.4, -0.2) is 10.2 Å². The molecule has 0 bridgehead atoms. The van der Waals surface area contributed by atoms with E-state index in [4.69, 9.17) is 0 Å². The Hall–Kier alpha value is -6.32. The predicted molar refractivity (Wildman–Crippen MR) is 219 cm³/mol. The zero-order valence-electron chi connectivity index (χ0n) is 30.0. The molecule has 0 radical (unpaired) electrons. The SMILES string of the molecule is OC(c1ccccc1)(c1ccccc1)C(c1ccccc1)(c1ccccc1)C(c1ccccc1)(c1ccccc1)C(O)(c1ccccc1)c1ccccc1. The Bertz CT molecular complexity index is 2030. The highest BCUT2D eigenvalue weighted by atomic mass is 16.3. The van der Waals surface area contributed by atoms with Gasteiger partial charge < -0.3 is 10.2 Å². The van der Waals surface area contributed by atoms with Gasteiger partial charge in [0.15, 0.2) is 0 Å². The zero-order valence-corrected chi connectivity index (χ0v) is 30.0. The first kappa shape index (κ1) is 34.7. The van der Waals surface area contributed by atoms with Crippen LogP contribution in [0, 0.1) is 0 Å². The van der Waals surface area contributed by atoms with Crippen LogP contribution in [0.2, 0.25) is 0 Å². The van der Waals surface area contributed by atoms with E-state index in [0.717, 1.165) is 22.3 Å². The lowest BCUT2D eigenvalue weighted by Crippen LogP contribution is -2.70. The van der Waals surface area contributed by atoms with Crippen LogP contribution in [0.5, 0.6) is 0 Å². The van der Waals surface area contributed by atoms with Gasteiger partial charge in [0, 0.05) is 0 Å². The van der Waals surface area contributed by atoms with Gasteiger partial charge in [-0.2, -0.15) is 0 Å². The van der Waals surface area contributed by atoms with Crippen molar-refractivity contribution in [2.45, 2.75) is 22.0 Å². The number of aliphatic hydroxyl groups is 2. The molecule has 0 unspecified atom stereocenters. The molecule has 54 heavy (non-hydrogen) atoms. The van der Waals surface area contributed by atoms with Gasteiger partial charge in [-0.1, -0.05) is 243 Å². The normalized spacial score (nSPS) is 12.3. The summed E-state index contributed by atoms with van der Waals surface area (Å²) in [5.74, 6) is 0. The van der Waals surface area contributed by atoms with Crippen molar-refractivity contribution >= 4 is 0 Å². The van der Waals surface area contributed by atoms with Crippen LogP contribution in [0.1, 0.15) is 44.5 Å². The van der Waals surface area contributed by atoms with Crippen LogP contribution in [0.25, 0.3) is 0 Å². The summed E-state index contributed by atoms with van der Waals surface area (Å²) in [5.41, 5.74) is -0.729. The summed E-state index contributed by atoms with van der Waals surface area (Å²) in [6.45, 7) is 0. The lowest BCUT2D eigenvalue weighted by molar-refractivity contribution is -0.0943. The van der Waals surface area contributed by atoms with Gasteiger partial charge in [-0.15, -0.1) is 0 Å². The minimum Gasteiger partial charge on any atom is -0.379 e. The van der Waals surface area contributed by atoms with E-state index in [-0.39, 0.29) is 0 Å². The van der Waals surface area contributed by atoms with Crippen LogP contribution < -0.4 is 0 Å². The minimum absolute atomic E-state index is 0.684. The van der Waals surface area contributed by atoms with Gasteiger partial charge >= 0.3 is 0 Å². The molecule has 0 aliphatic heterocycles. The Morgan fingerprint density at radius 2 is 0.315 bits per heavy atom. The molecule has 0 atom stereocenters. The molecule has 8 aromatic rings. The van der Waals surface area contributed by atoms with Crippen LogP contribution in [0.4, 0.5) is 0 Å². The number of benzene rings is 8. The summed E-state index contributed by atoms with van der Waals surface area (Å²) in [4.78, 5) is 0. The van der Waals surface area contributed by atoms with Crippen molar-refractivity contribution in [3.05, 3.63) is 287 Å². The molecule has 8 aromatic carbocycles. The fourth-order valence-corrected chi connectivity index (χ4v) is 9.25. The molecule has 0 fully saturated rings. The fourth-order valence-electron chi connectivity index (χ4n) is 9.25. The second-order valence-electron chi connectivity index (χ2n) is 13.8. The largest absolute Gasteiger partial charge is 0.379 e. The summed E-state index contributed by atoms with van der Waals surface area (Å²) in [5, 5.41) is 30.0. The zero-order chi connectivity index (χ0) is 36.9. The molecule has 262 valence electrons. The smallest absolute Gasteiger partial charge is 0.130 e. The molecule has 0 aromatic heterocycles. The molecule has 0 heterocycles. The fraction of sp³-hybridized carbons (Fsp3) is 0.0769. The summed E-state index contributed by atoms with van der Waals surface area (Å²) in [7, 11) is 0. The third-order valence-electron chi connectivity index (χ3n) is 11.2. The van der Waals surface area contributed by atoms with Crippen molar-refractivity contribution in [1.29, 1.82) is 0 Å². The molecule has 0 saturated carbocycles. The molecule has 2 N–H and O–H groups in total. The van der Waals surface area contributed by atoms with Gasteiger partial charge in [0.05, 0.1) is 10.8 Å². The maximum absolute atomic E-state index is 15.0. The van der Waals surface area contributed by atoms with E-state index in [1.54, 1.807) is 0 Å². The highest BCUT2D eigenvalue weighted by Crippen LogP contribution is 2.69. The van der Waals surface area contributed by atoms with Gasteiger partial charge in [-0.05, 0) is 44.5 Å². The van der Waals surface area contributed by atoms with E-state index < -0.39 is 22.0 Å². The monoisotopic (exact) mass is 698 g/mol. The van der Waals surface area contributed by atoms with E-state index in [1.807, 2.05) is 194 Å². The maximum atomic E-state index is 15.0. The van der Waals surface area contributed by atoms with E-state index in [1.165, 1.54) is 0 Å². The molecule has 0 saturated heterocycles. The third-order valence-corrected chi connectivity index (χ3v) is 11.2. The Morgan fingerprint density at radius 1 is 0.185 bits per heavy atom. The lowest BCUT2D eigenvalue weighted by Gasteiger charge is -2.65. The average Bonchev–Trinajstić information content (AvgIpc) is 3.27. The topological polar surface area (TPSA) is 40.5 Å². The van der Waals surface area contributed by atoms with Crippen LogP contribution >= 0.6 is 0 Å². The van der Waals surface area contributed by atoms with E-state index >= 15 is 0 Å². The van der Waals surface area contributed by atoms with Gasteiger partial charge in [-0.3, -0.25) is 0 Å². The standard InChI is InChI=1S/C52H42O2/c53-51(45-33-17-5-18-34-45,46-35-19-6-20-36-46)49(41-25-9-1-10-26-41,42-27-11-2-12-28-42)50(43-29-13-3-14-30-43,44-31-15-4-16-32-44)52(54,47-37-21-7-22-38-47)48-39-23-8-24-40-48/h1-40,53-54H. The third kappa shape index (κ3) is 5.18. The van der Waals surface area contributed by atoms with Crippen molar-refractivity contribution in [3.8, 4) is 0 Å². The van der Waals surface area contributed by atoms with Crippen LogP contribution in [0.15, 0.2) is 243 Å². The number of hydrogen-bond donors (Lipinski definition) is 2. The van der Waals surface area contributed by atoms with Gasteiger partial charge in [0.2, 0.25) is 0 Å². The molecule has 0 aliphatic carbocycles. The average molecular weight is 699 g/mol. The summed E-state index contributed by atoms with van der Waals surface area (Å²) < 4.78 is 0. The Labute approximate surface area is 318 Å². The van der Waals surface area contributed by atoms with Crippen molar-refractivity contribution in [2.24, 2.45) is 0 Å². The molecule has 0 aliphatic rings. The van der Waals surface area contributed by atoms with Crippen molar-refractivity contribution in [2.75, 3.05) is 0 Å². The molecule has 0 spiro atoms. The predicted octanol–water partition coefficient (Wildman–Crippen LogP) is 10.8. The summed E-state index contributed by atoms with van der Waals surface area (Å²) in [6, 6.07) is 81.1. The molecule has 8 rings (SSSR count). The van der Waals surface area contributed by atoms with Crippen LogP contribution in [0.3, 0.4) is 0 Å². The first-order valence-corrected chi connectivity index (χ1v) is 18.5. The van der Waals surface area contributed by atoms with Crippen LogP contribution in [-0.2, 0) is 22.0 Å². The number of rotatable bonds is 11. The Balaban J connectivity index is 1.78. The maximum Gasteiger partial charge on any atom is 0.130 e. The van der Waals surface area contributed by atoms with Crippen molar-refractivity contribution < 1.29 is 10.2 Å². The Kier molecular flexibility index (Phi) is 9.40. The molecular weight excluding hydrogens is 657 g/mol. The Morgan fingerprint density at radius 3 is 0.463 bits per heavy atom. The molecular formula is C52H42O2. The highest BCUT2D eigenvalue weighted by Gasteiger charge is 2.74. The van der Waals surface area contributed by atoms with E-state index in [2.05, 4.69) is 48.5 Å². The molecule has 2 heteroatoms. The van der Waals surface area contributed by atoms with Gasteiger partial charge in [-0.25, -0.2) is 0 Å². The second kappa shape index (κ2) is 14.6.